The standard InChI is InChI=1S/C12H18N2O2/c1-3-13-7-6-12(16)14-10-5-4-9(2)11(15)8-10/h4-5,8,13,15H,3,6-7H2,1-2H3,(H,14,16). The normalized spacial score (nSPS) is 10.1. The minimum absolute atomic E-state index is 0.0517. The van der Waals surface area contributed by atoms with E-state index in [1.54, 1.807) is 18.2 Å². The molecule has 0 radical (unpaired) electrons. The molecule has 0 aliphatic carbocycles. The van der Waals surface area contributed by atoms with Crippen LogP contribution in [0.3, 0.4) is 0 Å². The number of carbonyl (C=O) groups is 1. The van der Waals surface area contributed by atoms with Crippen LogP contribution < -0.4 is 10.6 Å². The van der Waals surface area contributed by atoms with E-state index in [1.807, 2.05) is 13.8 Å². The molecular weight excluding hydrogens is 204 g/mol. The van der Waals surface area contributed by atoms with Crippen LogP contribution in [0, 0.1) is 6.92 Å². The average molecular weight is 222 g/mol. The Kier molecular flexibility index (Phi) is 4.79. The fraction of sp³-hybridized carbons (Fsp3) is 0.417. The van der Waals surface area contributed by atoms with Gasteiger partial charge in [0.05, 0.1) is 0 Å². The molecule has 0 aliphatic heterocycles. The van der Waals surface area contributed by atoms with Gasteiger partial charge in [-0.15, -0.1) is 0 Å². The first-order valence-electron chi connectivity index (χ1n) is 5.43. The molecule has 0 bridgehead atoms. The maximum absolute atomic E-state index is 11.5. The first kappa shape index (κ1) is 12.5. The Morgan fingerprint density at radius 2 is 2.19 bits per heavy atom. The number of hydrogen-bond acceptors (Lipinski definition) is 3. The van der Waals surface area contributed by atoms with Gasteiger partial charge in [0.15, 0.2) is 0 Å². The highest BCUT2D eigenvalue weighted by Crippen LogP contribution is 2.20. The topological polar surface area (TPSA) is 61.4 Å². The molecule has 0 aromatic heterocycles. The molecule has 0 aliphatic rings. The Morgan fingerprint density at radius 1 is 1.44 bits per heavy atom. The molecule has 0 fully saturated rings. The van der Waals surface area contributed by atoms with Gasteiger partial charge in [-0.2, -0.15) is 0 Å². The molecule has 3 N–H and O–H groups in total. The lowest BCUT2D eigenvalue weighted by atomic mass is 10.2. The first-order valence-corrected chi connectivity index (χ1v) is 5.43. The number of anilines is 1. The molecule has 1 aromatic rings. The summed E-state index contributed by atoms with van der Waals surface area (Å²) in [5.41, 5.74) is 1.43. The van der Waals surface area contributed by atoms with Gasteiger partial charge in [0, 0.05) is 24.7 Å². The quantitative estimate of drug-likeness (QED) is 0.664. The molecule has 1 amide bonds. The van der Waals surface area contributed by atoms with Crippen LogP contribution in [0.2, 0.25) is 0 Å². The van der Waals surface area contributed by atoms with E-state index in [1.165, 1.54) is 0 Å². The summed E-state index contributed by atoms with van der Waals surface area (Å²) in [7, 11) is 0. The van der Waals surface area contributed by atoms with Gasteiger partial charge < -0.3 is 15.7 Å². The minimum atomic E-state index is -0.0517. The number of aryl methyl sites for hydroxylation is 1. The molecule has 4 nitrogen and oxygen atoms in total. The van der Waals surface area contributed by atoms with Crippen molar-refractivity contribution < 1.29 is 9.90 Å². The molecule has 0 unspecified atom stereocenters. The van der Waals surface area contributed by atoms with Crippen LogP contribution in [0.1, 0.15) is 18.9 Å². The lowest BCUT2D eigenvalue weighted by Gasteiger charge is -2.07. The number of rotatable bonds is 5. The second-order valence-electron chi connectivity index (χ2n) is 3.65. The van der Waals surface area contributed by atoms with Crippen LogP contribution in [0.5, 0.6) is 5.75 Å². The van der Waals surface area contributed by atoms with Crippen LogP contribution in [0.25, 0.3) is 0 Å². The van der Waals surface area contributed by atoms with Crippen LogP contribution in [0.15, 0.2) is 18.2 Å². The van der Waals surface area contributed by atoms with Gasteiger partial charge in [0.25, 0.3) is 0 Å². The van der Waals surface area contributed by atoms with Gasteiger partial charge in [0.2, 0.25) is 5.91 Å². The zero-order chi connectivity index (χ0) is 12.0. The summed E-state index contributed by atoms with van der Waals surface area (Å²) in [5, 5.41) is 15.3. The SMILES string of the molecule is CCNCCC(=O)Nc1ccc(C)c(O)c1. The van der Waals surface area contributed by atoms with Crippen molar-refractivity contribution in [1.29, 1.82) is 0 Å². The van der Waals surface area contributed by atoms with Gasteiger partial charge in [-0.05, 0) is 25.1 Å². The fourth-order valence-corrected chi connectivity index (χ4v) is 1.29. The second-order valence-corrected chi connectivity index (χ2v) is 3.65. The van der Waals surface area contributed by atoms with E-state index in [2.05, 4.69) is 10.6 Å². The van der Waals surface area contributed by atoms with E-state index in [0.29, 0.717) is 18.7 Å². The zero-order valence-corrected chi connectivity index (χ0v) is 9.71. The zero-order valence-electron chi connectivity index (χ0n) is 9.71. The summed E-state index contributed by atoms with van der Waals surface area (Å²) in [6.45, 7) is 5.33. The monoisotopic (exact) mass is 222 g/mol. The molecule has 88 valence electrons. The van der Waals surface area contributed by atoms with Crippen molar-refractivity contribution in [2.75, 3.05) is 18.4 Å². The Balaban J connectivity index is 2.46. The Hall–Kier alpha value is -1.55. The van der Waals surface area contributed by atoms with Gasteiger partial charge >= 0.3 is 0 Å². The predicted molar refractivity (Wildman–Crippen MR) is 64.6 cm³/mol. The minimum Gasteiger partial charge on any atom is -0.508 e. The van der Waals surface area contributed by atoms with Crippen molar-refractivity contribution in [1.82, 2.24) is 5.32 Å². The van der Waals surface area contributed by atoms with E-state index in [9.17, 15) is 9.90 Å². The summed E-state index contributed by atoms with van der Waals surface area (Å²) in [5.74, 6) is 0.147. The number of hydrogen-bond donors (Lipinski definition) is 3. The van der Waals surface area contributed by atoms with Crippen molar-refractivity contribution in [2.45, 2.75) is 20.3 Å². The number of amides is 1. The second kappa shape index (κ2) is 6.12. The lowest BCUT2D eigenvalue weighted by Crippen LogP contribution is -2.21. The summed E-state index contributed by atoms with van der Waals surface area (Å²) in [4.78, 5) is 11.5. The number of aromatic hydroxyl groups is 1. The van der Waals surface area contributed by atoms with Crippen molar-refractivity contribution in [2.24, 2.45) is 0 Å². The number of benzene rings is 1. The third kappa shape index (κ3) is 3.90. The largest absolute Gasteiger partial charge is 0.508 e. The van der Waals surface area contributed by atoms with Crippen LogP contribution in [-0.4, -0.2) is 24.1 Å². The number of carbonyl (C=O) groups excluding carboxylic acids is 1. The van der Waals surface area contributed by atoms with Crippen molar-refractivity contribution in [3.8, 4) is 5.75 Å². The molecular formula is C12H18N2O2. The maximum atomic E-state index is 11.5. The summed E-state index contributed by atoms with van der Waals surface area (Å²) in [6.07, 6.45) is 0.433. The van der Waals surface area contributed by atoms with E-state index in [-0.39, 0.29) is 11.7 Å². The van der Waals surface area contributed by atoms with E-state index < -0.39 is 0 Å². The highest BCUT2D eigenvalue weighted by molar-refractivity contribution is 5.91. The molecule has 0 heterocycles. The molecule has 0 atom stereocenters. The molecule has 0 saturated heterocycles. The van der Waals surface area contributed by atoms with Crippen molar-refractivity contribution in [3.05, 3.63) is 23.8 Å². The Labute approximate surface area is 95.7 Å². The van der Waals surface area contributed by atoms with Gasteiger partial charge in [-0.25, -0.2) is 0 Å². The van der Waals surface area contributed by atoms with Crippen molar-refractivity contribution >= 4 is 11.6 Å². The molecule has 0 saturated carbocycles. The molecule has 4 heteroatoms. The highest BCUT2D eigenvalue weighted by atomic mass is 16.3. The van der Waals surface area contributed by atoms with E-state index in [0.717, 1.165) is 12.1 Å². The Bertz CT molecular complexity index is 364. The third-order valence-electron chi connectivity index (χ3n) is 2.27. The molecule has 1 rings (SSSR count). The Morgan fingerprint density at radius 3 is 2.81 bits per heavy atom. The molecule has 16 heavy (non-hydrogen) atoms. The third-order valence-corrected chi connectivity index (χ3v) is 2.27. The fourth-order valence-electron chi connectivity index (χ4n) is 1.29. The number of nitrogens with one attached hydrogen (secondary N) is 2. The van der Waals surface area contributed by atoms with Gasteiger partial charge in [-0.3, -0.25) is 4.79 Å². The van der Waals surface area contributed by atoms with Crippen LogP contribution in [0.4, 0.5) is 5.69 Å². The van der Waals surface area contributed by atoms with Crippen LogP contribution in [-0.2, 0) is 4.79 Å². The number of phenolic OH excluding ortho intramolecular Hbond substituents is 1. The molecule has 0 spiro atoms. The average Bonchev–Trinajstić information content (AvgIpc) is 2.24. The predicted octanol–water partition coefficient (Wildman–Crippen LogP) is 1.64. The number of phenols is 1. The lowest BCUT2D eigenvalue weighted by molar-refractivity contribution is -0.116. The van der Waals surface area contributed by atoms with Crippen molar-refractivity contribution in [3.63, 3.8) is 0 Å². The first-order chi connectivity index (χ1) is 7.63. The van der Waals surface area contributed by atoms with Crippen LogP contribution >= 0.6 is 0 Å². The smallest absolute Gasteiger partial charge is 0.225 e. The molecule has 1 aromatic carbocycles. The summed E-state index contributed by atoms with van der Waals surface area (Å²) >= 11 is 0. The summed E-state index contributed by atoms with van der Waals surface area (Å²) < 4.78 is 0. The van der Waals surface area contributed by atoms with E-state index in [4.69, 9.17) is 0 Å². The maximum Gasteiger partial charge on any atom is 0.225 e. The van der Waals surface area contributed by atoms with Gasteiger partial charge in [0.1, 0.15) is 5.75 Å². The highest BCUT2D eigenvalue weighted by Gasteiger charge is 2.03. The summed E-state index contributed by atoms with van der Waals surface area (Å²) in [6, 6.07) is 5.11. The van der Waals surface area contributed by atoms with Gasteiger partial charge in [-0.1, -0.05) is 13.0 Å². The van der Waals surface area contributed by atoms with E-state index >= 15 is 0 Å².